The Morgan fingerprint density at radius 1 is 1.16 bits per heavy atom. The zero-order chi connectivity index (χ0) is 18.6. The molecule has 2 N–H and O–H groups in total. The van der Waals surface area contributed by atoms with Gasteiger partial charge in [-0.1, -0.05) is 30.3 Å². The second-order valence-corrected chi connectivity index (χ2v) is 6.57. The van der Waals surface area contributed by atoms with Crippen molar-refractivity contribution in [2.24, 2.45) is 0 Å². The number of benzene rings is 1. The van der Waals surface area contributed by atoms with Crippen LogP contribution in [-0.2, 0) is 20.9 Å². The van der Waals surface area contributed by atoms with Gasteiger partial charge in [-0.2, -0.15) is 0 Å². The van der Waals surface area contributed by atoms with Crippen molar-refractivity contribution < 1.29 is 19.1 Å². The molecule has 1 heterocycles. The van der Waals surface area contributed by atoms with Gasteiger partial charge >= 0.3 is 11.9 Å². The minimum Gasteiger partial charge on any atom is -0.459 e. The van der Waals surface area contributed by atoms with Crippen LogP contribution in [0.2, 0.25) is 0 Å². The molecule has 6 nitrogen and oxygen atoms in total. The molecule has 0 radical (unpaired) electrons. The van der Waals surface area contributed by atoms with Crippen molar-refractivity contribution >= 4 is 17.8 Å². The molecule has 1 aromatic heterocycles. The highest BCUT2D eigenvalue weighted by Crippen LogP contribution is 2.31. The highest BCUT2D eigenvalue weighted by molar-refractivity contribution is 6.00. The van der Waals surface area contributed by atoms with Gasteiger partial charge in [-0.3, -0.25) is 4.79 Å². The summed E-state index contributed by atoms with van der Waals surface area (Å²) in [6.07, 6.45) is 0. The summed E-state index contributed by atoms with van der Waals surface area (Å²) in [4.78, 5) is 28.0. The first-order valence-electron chi connectivity index (χ1n) is 7.89. The average Bonchev–Trinajstić information content (AvgIpc) is 2.51. The van der Waals surface area contributed by atoms with Crippen LogP contribution in [0, 0.1) is 0 Å². The lowest BCUT2D eigenvalue weighted by Gasteiger charge is -2.21. The van der Waals surface area contributed by atoms with E-state index < -0.39 is 17.5 Å². The van der Waals surface area contributed by atoms with Crippen LogP contribution in [0.1, 0.15) is 43.7 Å². The standard InChI is InChI=1S/C19H22N2O4/c1-12(22)24-11-14-10-15(18(23)25-19(2,3)4)16(17(20)21-14)13-8-6-5-7-9-13/h5-10H,11H2,1-4H3,(H2,20,21). The molecule has 0 unspecified atom stereocenters. The lowest BCUT2D eigenvalue weighted by atomic mass is 9.99. The molecular formula is C19H22N2O4. The van der Waals surface area contributed by atoms with Crippen molar-refractivity contribution in [3.8, 4) is 11.1 Å². The summed E-state index contributed by atoms with van der Waals surface area (Å²) in [7, 11) is 0. The van der Waals surface area contributed by atoms with Gasteiger partial charge in [-0.05, 0) is 32.4 Å². The number of pyridine rings is 1. The number of ether oxygens (including phenoxy) is 2. The third kappa shape index (κ3) is 5.04. The second kappa shape index (κ2) is 7.34. The monoisotopic (exact) mass is 342 g/mol. The zero-order valence-electron chi connectivity index (χ0n) is 14.8. The maximum absolute atomic E-state index is 12.7. The van der Waals surface area contributed by atoms with Crippen LogP contribution in [0.15, 0.2) is 36.4 Å². The number of carbonyl (C=O) groups is 2. The fourth-order valence-electron chi connectivity index (χ4n) is 2.27. The minimum atomic E-state index is -0.654. The fraction of sp³-hybridized carbons (Fsp3) is 0.316. The Labute approximate surface area is 147 Å². The maximum Gasteiger partial charge on any atom is 0.339 e. The number of nitrogens with zero attached hydrogens (tertiary/aromatic N) is 1. The molecule has 0 saturated carbocycles. The smallest absolute Gasteiger partial charge is 0.339 e. The Kier molecular flexibility index (Phi) is 5.41. The molecule has 0 aliphatic rings. The first-order valence-corrected chi connectivity index (χ1v) is 7.89. The predicted octanol–water partition coefficient (Wildman–Crippen LogP) is 3.35. The molecule has 132 valence electrons. The van der Waals surface area contributed by atoms with Crippen molar-refractivity contribution in [2.45, 2.75) is 39.9 Å². The lowest BCUT2D eigenvalue weighted by molar-refractivity contribution is -0.142. The van der Waals surface area contributed by atoms with Crippen LogP contribution in [0.25, 0.3) is 11.1 Å². The molecule has 0 amide bonds. The van der Waals surface area contributed by atoms with E-state index in [0.29, 0.717) is 11.3 Å². The number of hydrogen-bond donors (Lipinski definition) is 1. The second-order valence-electron chi connectivity index (χ2n) is 6.57. The SMILES string of the molecule is CC(=O)OCc1cc(C(=O)OC(C)(C)C)c(-c2ccccc2)c(N)n1. The quantitative estimate of drug-likeness (QED) is 0.857. The van der Waals surface area contributed by atoms with Crippen LogP contribution in [0.4, 0.5) is 5.82 Å². The summed E-state index contributed by atoms with van der Waals surface area (Å²) in [6, 6.07) is 10.8. The van der Waals surface area contributed by atoms with Gasteiger partial charge in [0.1, 0.15) is 18.0 Å². The Balaban J connectivity index is 2.53. The molecule has 2 aromatic rings. The van der Waals surface area contributed by atoms with E-state index in [1.54, 1.807) is 26.8 Å². The van der Waals surface area contributed by atoms with Crippen LogP contribution < -0.4 is 5.73 Å². The predicted molar refractivity (Wildman–Crippen MR) is 94.7 cm³/mol. The highest BCUT2D eigenvalue weighted by atomic mass is 16.6. The first kappa shape index (κ1) is 18.4. The van der Waals surface area contributed by atoms with Crippen LogP contribution >= 0.6 is 0 Å². The lowest BCUT2D eigenvalue weighted by Crippen LogP contribution is -2.24. The van der Waals surface area contributed by atoms with Gasteiger partial charge in [0.2, 0.25) is 0 Å². The number of nitrogen functional groups attached to an aromatic ring is 1. The molecule has 0 aliphatic heterocycles. The number of carbonyl (C=O) groups excluding carboxylic acids is 2. The number of anilines is 1. The van der Waals surface area contributed by atoms with Gasteiger partial charge in [0.25, 0.3) is 0 Å². The third-order valence-corrected chi connectivity index (χ3v) is 3.21. The fourth-order valence-corrected chi connectivity index (χ4v) is 2.27. The molecule has 0 spiro atoms. The van der Waals surface area contributed by atoms with E-state index in [0.717, 1.165) is 5.56 Å². The average molecular weight is 342 g/mol. The summed E-state index contributed by atoms with van der Waals surface area (Å²) in [5, 5.41) is 0. The molecule has 0 atom stereocenters. The first-order chi connectivity index (χ1) is 11.7. The molecule has 0 fully saturated rings. The van der Waals surface area contributed by atoms with Gasteiger partial charge in [-0.25, -0.2) is 9.78 Å². The third-order valence-electron chi connectivity index (χ3n) is 3.21. The Bertz CT molecular complexity index is 780. The highest BCUT2D eigenvalue weighted by Gasteiger charge is 2.24. The van der Waals surface area contributed by atoms with Gasteiger partial charge in [0, 0.05) is 12.5 Å². The summed E-state index contributed by atoms with van der Waals surface area (Å²) in [5.41, 5.74) is 7.38. The molecule has 0 aliphatic carbocycles. The topological polar surface area (TPSA) is 91.5 Å². The van der Waals surface area contributed by atoms with E-state index in [4.69, 9.17) is 15.2 Å². The van der Waals surface area contributed by atoms with Crippen molar-refractivity contribution in [3.05, 3.63) is 47.7 Å². The Morgan fingerprint density at radius 2 is 1.80 bits per heavy atom. The summed E-state index contributed by atoms with van der Waals surface area (Å²) >= 11 is 0. The molecule has 2 rings (SSSR count). The van der Waals surface area contributed by atoms with Crippen molar-refractivity contribution in [1.29, 1.82) is 0 Å². The number of aromatic nitrogens is 1. The normalized spacial score (nSPS) is 11.0. The van der Waals surface area contributed by atoms with E-state index in [-0.39, 0.29) is 18.0 Å². The van der Waals surface area contributed by atoms with Crippen molar-refractivity contribution in [3.63, 3.8) is 0 Å². The number of hydrogen-bond acceptors (Lipinski definition) is 6. The van der Waals surface area contributed by atoms with E-state index in [9.17, 15) is 9.59 Å². The summed E-state index contributed by atoms with van der Waals surface area (Å²) < 4.78 is 10.4. The number of rotatable bonds is 4. The summed E-state index contributed by atoms with van der Waals surface area (Å²) in [5.74, 6) is -0.771. The Morgan fingerprint density at radius 3 is 2.36 bits per heavy atom. The van der Waals surface area contributed by atoms with E-state index in [1.165, 1.54) is 6.92 Å². The molecular weight excluding hydrogens is 320 g/mol. The molecule has 0 bridgehead atoms. The van der Waals surface area contributed by atoms with Crippen LogP contribution in [0.5, 0.6) is 0 Å². The molecule has 0 saturated heterocycles. The molecule has 25 heavy (non-hydrogen) atoms. The van der Waals surface area contributed by atoms with Gasteiger partial charge in [0.05, 0.1) is 11.3 Å². The van der Waals surface area contributed by atoms with Crippen LogP contribution in [-0.4, -0.2) is 22.5 Å². The zero-order valence-corrected chi connectivity index (χ0v) is 14.8. The van der Waals surface area contributed by atoms with Gasteiger partial charge < -0.3 is 15.2 Å². The van der Waals surface area contributed by atoms with Crippen LogP contribution in [0.3, 0.4) is 0 Å². The largest absolute Gasteiger partial charge is 0.459 e. The van der Waals surface area contributed by atoms with Gasteiger partial charge in [0.15, 0.2) is 0 Å². The molecule has 6 heteroatoms. The van der Waals surface area contributed by atoms with Crippen molar-refractivity contribution in [2.75, 3.05) is 5.73 Å². The number of nitrogens with two attached hydrogens (primary N) is 1. The van der Waals surface area contributed by atoms with Gasteiger partial charge in [-0.15, -0.1) is 0 Å². The molecule has 1 aromatic carbocycles. The summed E-state index contributed by atoms with van der Waals surface area (Å²) in [6.45, 7) is 6.60. The Hall–Kier alpha value is -2.89. The number of esters is 2. The van der Waals surface area contributed by atoms with E-state index in [1.807, 2.05) is 30.3 Å². The maximum atomic E-state index is 12.7. The van der Waals surface area contributed by atoms with E-state index >= 15 is 0 Å². The van der Waals surface area contributed by atoms with E-state index in [2.05, 4.69) is 4.98 Å². The van der Waals surface area contributed by atoms with Crippen molar-refractivity contribution in [1.82, 2.24) is 4.98 Å². The minimum absolute atomic E-state index is 0.0651.